The first-order valence-electron chi connectivity index (χ1n) is 7.18. The molecule has 1 N–H and O–H groups in total. The molecule has 0 aliphatic heterocycles. The number of ether oxygens (including phenoxy) is 1. The van der Waals surface area contributed by atoms with Gasteiger partial charge in [-0.3, -0.25) is 4.79 Å². The summed E-state index contributed by atoms with van der Waals surface area (Å²) in [6.45, 7) is 1.50. The summed E-state index contributed by atoms with van der Waals surface area (Å²) >= 11 is 0. The molecule has 0 aromatic heterocycles. The van der Waals surface area contributed by atoms with Crippen LogP contribution in [0.4, 0.5) is 4.39 Å². The standard InChI is InChI=1S/C15H20FNO4S/c1-10(15(18)21-2)9-22(19,20)17-14-5-3-4-11-6-7-12(16)8-13(11)14/h6-8,10,14,17H,3-5,9H2,1-2H3/t10-,14-/m0/s1. The fourth-order valence-corrected chi connectivity index (χ4v) is 4.32. The van der Waals surface area contributed by atoms with Gasteiger partial charge in [-0.1, -0.05) is 13.0 Å². The number of hydrogen-bond acceptors (Lipinski definition) is 4. The number of rotatable bonds is 5. The van der Waals surface area contributed by atoms with E-state index in [0.29, 0.717) is 12.0 Å². The third kappa shape index (κ3) is 4.04. The van der Waals surface area contributed by atoms with Gasteiger partial charge in [0.2, 0.25) is 10.0 Å². The van der Waals surface area contributed by atoms with Gasteiger partial charge < -0.3 is 4.74 Å². The Labute approximate surface area is 129 Å². The van der Waals surface area contributed by atoms with E-state index in [0.717, 1.165) is 18.4 Å². The van der Waals surface area contributed by atoms with Crippen LogP contribution < -0.4 is 4.72 Å². The van der Waals surface area contributed by atoms with E-state index >= 15 is 0 Å². The predicted octanol–water partition coefficient (Wildman–Crippen LogP) is 1.93. The number of benzene rings is 1. The SMILES string of the molecule is COC(=O)[C@@H](C)CS(=O)(=O)N[C@H]1CCCc2ccc(F)cc21. The highest BCUT2D eigenvalue weighted by molar-refractivity contribution is 7.89. The quantitative estimate of drug-likeness (QED) is 0.838. The minimum absolute atomic E-state index is 0.346. The Bertz CT molecular complexity index is 660. The molecule has 0 amide bonds. The van der Waals surface area contributed by atoms with Gasteiger partial charge >= 0.3 is 5.97 Å². The zero-order chi connectivity index (χ0) is 16.3. The van der Waals surface area contributed by atoms with Crippen molar-refractivity contribution >= 4 is 16.0 Å². The molecular formula is C15H20FNO4S. The Morgan fingerprint density at radius 3 is 2.91 bits per heavy atom. The number of halogens is 1. The highest BCUT2D eigenvalue weighted by Crippen LogP contribution is 2.31. The molecule has 2 rings (SSSR count). The van der Waals surface area contributed by atoms with E-state index in [-0.39, 0.29) is 11.6 Å². The predicted molar refractivity (Wildman–Crippen MR) is 80.2 cm³/mol. The molecule has 0 unspecified atom stereocenters. The number of carbonyl (C=O) groups is 1. The zero-order valence-electron chi connectivity index (χ0n) is 12.6. The van der Waals surface area contributed by atoms with Gasteiger partial charge in [0.25, 0.3) is 0 Å². The molecule has 0 radical (unpaired) electrons. The highest BCUT2D eigenvalue weighted by Gasteiger charge is 2.28. The van der Waals surface area contributed by atoms with Crippen LogP contribution in [-0.4, -0.2) is 27.2 Å². The number of methoxy groups -OCH3 is 1. The molecule has 1 aliphatic rings. The van der Waals surface area contributed by atoms with Crippen molar-refractivity contribution in [1.82, 2.24) is 4.72 Å². The lowest BCUT2D eigenvalue weighted by Crippen LogP contribution is -2.36. The molecule has 5 nitrogen and oxygen atoms in total. The number of sulfonamides is 1. The van der Waals surface area contributed by atoms with Crippen molar-refractivity contribution in [2.45, 2.75) is 32.2 Å². The van der Waals surface area contributed by atoms with Crippen LogP contribution in [-0.2, 0) is 26.0 Å². The van der Waals surface area contributed by atoms with Crippen molar-refractivity contribution in [3.63, 3.8) is 0 Å². The maximum atomic E-state index is 13.4. The zero-order valence-corrected chi connectivity index (χ0v) is 13.5. The molecule has 0 bridgehead atoms. The molecule has 0 saturated carbocycles. The van der Waals surface area contributed by atoms with Crippen molar-refractivity contribution in [3.05, 3.63) is 35.1 Å². The molecule has 122 valence electrons. The van der Waals surface area contributed by atoms with Gasteiger partial charge in [0.05, 0.1) is 18.8 Å². The minimum Gasteiger partial charge on any atom is -0.469 e. The van der Waals surface area contributed by atoms with Crippen LogP contribution in [0.15, 0.2) is 18.2 Å². The van der Waals surface area contributed by atoms with Gasteiger partial charge in [-0.2, -0.15) is 0 Å². The second kappa shape index (κ2) is 6.75. The lowest BCUT2D eigenvalue weighted by atomic mass is 9.88. The Hall–Kier alpha value is -1.47. The van der Waals surface area contributed by atoms with Crippen LogP contribution in [0.5, 0.6) is 0 Å². The Morgan fingerprint density at radius 1 is 1.50 bits per heavy atom. The van der Waals surface area contributed by atoms with E-state index < -0.39 is 28.0 Å². The van der Waals surface area contributed by atoms with Gasteiger partial charge in [0, 0.05) is 6.04 Å². The number of aryl methyl sites for hydroxylation is 1. The Morgan fingerprint density at radius 2 is 2.23 bits per heavy atom. The number of carbonyl (C=O) groups excluding carboxylic acids is 1. The van der Waals surface area contributed by atoms with Gasteiger partial charge in [0.15, 0.2) is 0 Å². The second-order valence-electron chi connectivity index (χ2n) is 5.61. The summed E-state index contributed by atoms with van der Waals surface area (Å²) in [7, 11) is -2.44. The molecular weight excluding hydrogens is 309 g/mol. The first-order valence-corrected chi connectivity index (χ1v) is 8.84. The van der Waals surface area contributed by atoms with Crippen LogP contribution >= 0.6 is 0 Å². The maximum Gasteiger partial charge on any atom is 0.309 e. The van der Waals surface area contributed by atoms with Gasteiger partial charge in [-0.05, 0) is 42.5 Å². The summed E-state index contributed by atoms with van der Waals surface area (Å²) in [5, 5.41) is 0. The summed E-state index contributed by atoms with van der Waals surface area (Å²) in [5.74, 6) is -2.05. The fraction of sp³-hybridized carbons (Fsp3) is 0.533. The van der Waals surface area contributed by atoms with E-state index in [4.69, 9.17) is 0 Å². The van der Waals surface area contributed by atoms with E-state index in [1.165, 1.54) is 26.2 Å². The van der Waals surface area contributed by atoms with Gasteiger partial charge in [-0.25, -0.2) is 17.5 Å². The lowest BCUT2D eigenvalue weighted by Gasteiger charge is -2.26. The normalized spacial score (nSPS) is 19.3. The summed E-state index contributed by atoms with van der Waals surface area (Å²) in [6, 6.07) is 4.01. The second-order valence-corrected chi connectivity index (χ2v) is 7.41. The number of fused-ring (bicyclic) bond motifs is 1. The largest absolute Gasteiger partial charge is 0.469 e. The van der Waals surface area contributed by atoms with Crippen LogP contribution in [0.3, 0.4) is 0 Å². The van der Waals surface area contributed by atoms with E-state index in [2.05, 4.69) is 9.46 Å². The molecule has 0 fully saturated rings. The van der Waals surface area contributed by atoms with Crippen LogP contribution in [0.2, 0.25) is 0 Å². The summed E-state index contributed by atoms with van der Waals surface area (Å²) in [4.78, 5) is 11.4. The Kier molecular flexibility index (Phi) is 5.18. The van der Waals surface area contributed by atoms with Gasteiger partial charge in [0.1, 0.15) is 5.82 Å². The highest BCUT2D eigenvalue weighted by atomic mass is 32.2. The van der Waals surface area contributed by atoms with E-state index in [9.17, 15) is 17.6 Å². The summed E-state index contributed by atoms with van der Waals surface area (Å²) in [6.07, 6.45) is 2.26. The average molecular weight is 329 g/mol. The van der Waals surface area contributed by atoms with Crippen LogP contribution in [0, 0.1) is 11.7 Å². The third-order valence-corrected chi connectivity index (χ3v) is 5.40. The van der Waals surface area contributed by atoms with E-state index in [1.54, 1.807) is 6.07 Å². The molecule has 2 atom stereocenters. The van der Waals surface area contributed by atoms with Crippen LogP contribution in [0.1, 0.15) is 36.9 Å². The molecule has 1 aromatic rings. The van der Waals surface area contributed by atoms with Crippen molar-refractivity contribution in [3.8, 4) is 0 Å². The van der Waals surface area contributed by atoms with Crippen molar-refractivity contribution < 1.29 is 22.3 Å². The Balaban J connectivity index is 2.14. The first kappa shape index (κ1) is 16.9. The number of hydrogen-bond donors (Lipinski definition) is 1. The molecule has 1 aliphatic carbocycles. The molecule has 1 aromatic carbocycles. The summed E-state index contributed by atoms with van der Waals surface area (Å²) < 4.78 is 45.0. The smallest absolute Gasteiger partial charge is 0.309 e. The monoisotopic (exact) mass is 329 g/mol. The number of esters is 1. The molecule has 0 saturated heterocycles. The topological polar surface area (TPSA) is 72.5 Å². The molecule has 7 heteroatoms. The van der Waals surface area contributed by atoms with Gasteiger partial charge in [-0.15, -0.1) is 0 Å². The number of nitrogens with one attached hydrogen (secondary N) is 1. The molecule has 0 heterocycles. The fourth-order valence-electron chi connectivity index (χ4n) is 2.76. The minimum atomic E-state index is -3.66. The van der Waals surface area contributed by atoms with Crippen LogP contribution in [0.25, 0.3) is 0 Å². The van der Waals surface area contributed by atoms with Crippen molar-refractivity contribution in [2.24, 2.45) is 5.92 Å². The third-order valence-electron chi connectivity index (χ3n) is 3.82. The lowest BCUT2D eigenvalue weighted by molar-refractivity contribution is -0.144. The first-order chi connectivity index (χ1) is 10.3. The summed E-state index contributed by atoms with van der Waals surface area (Å²) in [5.41, 5.74) is 1.64. The van der Waals surface area contributed by atoms with Crippen molar-refractivity contribution in [2.75, 3.05) is 12.9 Å². The molecule has 0 spiro atoms. The average Bonchev–Trinajstić information content (AvgIpc) is 2.46. The van der Waals surface area contributed by atoms with Crippen molar-refractivity contribution in [1.29, 1.82) is 0 Å². The maximum absolute atomic E-state index is 13.4. The molecule has 22 heavy (non-hydrogen) atoms. The van der Waals surface area contributed by atoms with E-state index in [1.807, 2.05) is 0 Å².